The summed E-state index contributed by atoms with van der Waals surface area (Å²) in [5, 5.41) is 5.73. The Labute approximate surface area is 238 Å². The van der Waals surface area contributed by atoms with E-state index in [1.165, 1.54) is 69.9 Å². The first-order valence-corrected chi connectivity index (χ1v) is 15.6. The van der Waals surface area contributed by atoms with E-state index in [1.54, 1.807) is 29.5 Å². The Bertz CT molecular complexity index is 1110. The van der Waals surface area contributed by atoms with Gasteiger partial charge in [0.2, 0.25) is 5.51 Å². The predicted molar refractivity (Wildman–Crippen MR) is 161 cm³/mol. The minimum absolute atomic E-state index is 0.192. The Kier molecular flexibility index (Phi) is 13.7. The summed E-state index contributed by atoms with van der Waals surface area (Å²) in [6, 6.07) is 13.2. The van der Waals surface area contributed by atoms with Crippen molar-refractivity contribution in [1.29, 1.82) is 0 Å². The van der Waals surface area contributed by atoms with E-state index < -0.39 is 0 Å². The molecule has 0 saturated heterocycles. The molecule has 1 N–H and O–H groups in total. The van der Waals surface area contributed by atoms with Crippen LogP contribution in [0, 0.1) is 6.92 Å². The van der Waals surface area contributed by atoms with Crippen molar-refractivity contribution >= 4 is 34.5 Å². The summed E-state index contributed by atoms with van der Waals surface area (Å²) in [6.07, 6.45) is 15.6. The van der Waals surface area contributed by atoms with E-state index >= 15 is 0 Å². The maximum Gasteiger partial charge on any atom is 0.259 e. The molecule has 4 nitrogen and oxygen atoms in total. The third kappa shape index (κ3) is 10.8. The highest BCUT2D eigenvalue weighted by Crippen LogP contribution is 2.25. The van der Waals surface area contributed by atoms with Crippen molar-refractivity contribution in [1.82, 2.24) is 0 Å². The first-order valence-electron chi connectivity index (χ1n) is 14.3. The lowest BCUT2D eigenvalue weighted by Crippen LogP contribution is -2.34. The largest absolute Gasteiger partial charge is 0.493 e. The Morgan fingerprint density at radius 2 is 1.61 bits per heavy atom. The van der Waals surface area contributed by atoms with E-state index in [4.69, 9.17) is 16.3 Å². The Hall–Kier alpha value is -2.37. The van der Waals surface area contributed by atoms with Gasteiger partial charge in [0.25, 0.3) is 5.91 Å². The SMILES string of the molecule is CCCCCCCCCCCCCCOc1cc(Cl)ccc1C(=O)Nc1cccc(C[n+]2cscc2C)c1. The van der Waals surface area contributed by atoms with Crippen LogP contribution in [0.5, 0.6) is 5.75 Å². The van der Waals surface area contributed by atoms with Crippen LogP contribution in [0.3, 0.4) is 0 Å². The lowest BCUT2D eigenvalue weighted by atomic mass is 10.1. The zero-order chi connectivity index (χ0) is 27.0. The van der Waals surface area contributed by atoms with Gasteiger partial charge in [-0.25, -0.2) is 0 Å². The van der Waals surface area contributed by atoms with Gasteiger partial charge < -0.3 is 10.1 Å². The Balaban J connectivity index is 1.40. The van der Waals surface area contributed by atoms with Crippen LogP contribution in [0.25, 0.3) is 0 Å². The average Bonchev–Trinajstić information content (AvgIpc) is 3.31. The first-order chi connectivity index (χ1) is 18.6. The van der Waals surface area contributed by atoms with Crippen molar-refractivity contribution in [2.75, 3.05) is 11.9 Å². The Morgan fingerprint density at radius 1 is 0.921 bits per heavy atom. The fourth-order valence-corrected chi connectivity index (χ4v) is 5.53. The topological polar surface area (TPSA) is 42.2 Å². The number of halogens is 1. The summed E-state index contributed by atoms with van der Waals surface area (Å²) < 4.78 is 8.23. The molecule has 0 atom stereocenters. The van der Waals surface area contributed by atoms with E-state index in [0.29, 0.717) is 22.9 Å². The lowest BCUT2D eigenvalue weighted by molar-refractivity contribution is -0.689. The van der Waals surface area contributed by atoms with Crippen molar-refractivity contribution in [2.24, 2.45) is 0 Å². The number of ether oxygens (including phenoxy) is 1. The molecule has 206 valence electrons. The van der Waals surface area contributed by atoms with E-state index in [9.17, 15) is 4.79 Å². The average molecular weight is 556 g/mol. The van der Waals surface area contributed by atoms with Crippen LogP contribution in [0.1, 0.15) is 106 Å². The lowest BCUT2D eigenvalue weighted by Gasteiger charge is -2.13. The Morgan fingerprint density at radius 3 is 2.26 bits per heavy atom. The molecule has 3 aromatic rings. The van der Waals surface area contributed by atoms with Gasteiger partial charge in [-0.15, -0.1) is 0 Å². The van der Waals surface area contributed by atoms with Crippen LogP contribution in [0.4, 0.5) is 5.69 Å². The molecule has 0 aliphatic heterocycles. The molecule has 0 saturated carbocycles. The number of thiazole rings is 1. The number of hydrogen-bond acceptors (Lipinski definition) is 3. The number of carbonyl (C=O) groups is 1. The van der Waals surface area contributed by atoms with Crippen LogP contribution < -0.4 is 14.6 Å². The van der Waals surface area contributed by atoms with Gasteiger partial charge in [0.15, 0.2) is 12.2 Å². The second-order valence-corrected chi connectivity index (χ2v) is 11.3. The van der Waals surface area contributed by atoms with Crippen LogP contribution in [0.15, 0.2) is 53.4 Å². The second kappa shape index (κ2) is 17.3. The predicted octanol–water partition coefficient (Wildman–Crippen LogP) is 9.38. The molecule has 0 spiro atoms. The van der Waals surface area contributed by atoms with E-state index in [0.717, 1.165) is 30.6 Å². The highest BCUT2D eigenvalue weighted by atomic mass is 35.5. The summed E-state index contributed by atoms with van der Waals surface area (Å²) >= 11 is 7.91. The van der Waals surface area contributed by atoms with E-state index in [2.05, 4.69) is 40.7 Å². The summed E-state index contributed by atoms with van der Waals surface area (Å²) in [5.74, 6) is 0.349. The molecule has 1 aromatic heterocycles. The molecule has 0 aliphatic rings. The van der Waals surface area contributed by atoms with E-state index in [1.807, 2.05) is 18.2 Å². The molecule has 0 fully saturated rings. The number of rotatable bonds is 18. The zero-order valence-corrected chi connectivity index (χ0v) is 24.7. The summed E-state index contributed by atoms with van der Waals surface area (Å²) in [5.41, 5.74) is 5.73. The maximum atomic E-state index is 13.1. The van der Waals surface area contributed by atoms with Crippen LogP contribution >= 0.6 is 22.9 Å². The number of anilines is 1. The molecule has 6 heteroatoms. The molecule has 0 radical (unpaired) electrons. The van der Waals surface area contributed by atoms with Gasteiger partial charge in [0.1, 0.15) is 5.75 Å². The summed E-state index contributed by atoms with van der Waals surface area (Å²) in [4.78, 5) is 13.1. The summed E-state index contributed by atoms with van der Waals surface area (Å²) in [6.45, 7) is 5.73. The normalized spacial score (nSPS) is 11.0. The number of aryl methyl sites for hydroxylation is 1. The zero-order valence-electron chi connectivity index (χ0n) is 23.1. The molecule has 0 bridgehead atoms. The molecule has 0 unspecified atom stereocenters. The van der Waals surface area contributed by atoms with Crippen molar-refractivity contribution in [3.05, 3.63) is 75.2 Å². The fourth-order valence-electron chi connectivity index (χ4n) is 4.59. The van der Waals surface area contributed by atoms with Gasteiger partial charge in [-0.05, 0) is 36.8 Å². The van der Waals surface area contributed by atoms with Crippen LogP contribution in [-0.2, 0) is 6.54 Å². The van der Waals surface area contributed by atoms with Crippen LogP contribution in [-0.4, -0.2) is 12.5 Å². The fraction of sp³-hybridized carbons (Fsp3) is 0.500. The van der Waals surface area contributed by atoms with Gasteiger partial charge >= 0.3 is 0 Å². The number of nitrogens with zero attached hydrogens (tertiary/aromatic N) is 1. The molecule has 3 rings (SSSR count). The molecular weight excluding hydrogens is 512 g/mol. The minimum Gasteiger partial charge on any atom is -0.493 e. The molecular formula is C32H44ClN2O2S+. The number of unbranched alkanes of at least 4 members (excludes halogenated alkanes) is 11. The standard InChI is InChI=1S/C32H43ClN2O2S/c1-3-4-5-6-7-8-9-10-11-12-13-14-20-37-31-22-28(33)18-19-30(31)32(36)34-29-17-15-16-27(21-29)23-35-25-38-24-26(35)2/h15-19,21-22,24-25H,3-14,20,23H2,1-2H3/p+1. The maximum absolute atomic E-state index is 13.1. The van der Waals surface area contributed by atoms with Crippen molar-refractivity contribution in [3.8, 4) is 5.75 Å². The molecule has 2 aromatic carbocycles. The third-order valence-electron chi connectivity index (χ3n) is 6.86. The molecule has 1 amide bonds. The minimum atomic E-state index is -0.192. The van der Waals surface area contributed by atoms with Crippen LogP contribution in [0.2, 0.25) is 5.02 Å². The van der Waals surface area contributed by atoms with Gasteiger partial charge in [-0.2, -0.15) is 4.57 Å². The number of amides is 1. The number of aromatic nitrogens is 1. The van der Waals surface area contributed by atoms with Gasteiger partial charge in [-0.1, -0.05) is 113 Å². The van der Waals surface area contributed by atoms with Crippen molar-refractivity contribution in [2.45, 2.75) is 97.4 Å². The highest BCUT2D eigenvalue weighted by Gasteiger charge is 2.15. The summed E-state index contributed by atoms with van der Waals surface area (Å²) in [7, 11) is 0. The highest BCUT2D eigenvalue weighted by molar-refractivity contribution is 7.07. The van der Waals surface area contributed by atoms with Crippen molar-refractivity contribution < 1.29 is 14.1 Å². The van der Waals surface area contributed by atoms with E-state index in [-0.39, 0.29) is 5.91 Å². The third-order valence-corrected chi connectivity index (χ3v) is 7.95. The molecule has 0 aliphatic carbocycles. The first kappa shape index (κ1) is 30.2. The number of carbonyl (C=O) groups excluding carboxylic acids is 1. The number of nitrogens with one attached hydrogen (secondary N) is 1. The number of benzene rings is 2. The molecule has 38 heavy (non-hydrogen) atoms. The monoisotopic (exact) mass is 555 g/mol. The molecule has 1 heterocycles. The number of hydrogen-bond donors (Lipinski definition) is 1. The van der Waals surface area contributed by atoms with Gasteiger partial charge in [0, 0.05) is 23.2 Å². The quantitative estimate of drug-likeness (QED) is 0.125. The van der Waals surface area contributed by atoms with Gasteiger partial charge in [-0.3, -0.25) is 4.79 Å². The van der Waals surface area contributed by atoms with Crippen molar-refractivity contribution in [3.63, 3.8) is 0 Å². The smallest absolute Gasteiger partial charge is 0.259 e. The van der Waals surface area contributed by atoms with Gasteiger partial charge in [0.05, 0.1) is 17.6 Å². The second-order valence-electron chi connectivity index (χ2n) is 10.2.